The van der Waals surface area contributed by atoms with Gasteiger partial charge in [0.05, 0.1) is 7.11 Å². The van der Waals surface area contributed by atoms with Crippen LogP contribution in [0.4, 0.5) is 5.69 Å². The third-order valence-corrected chi connectivity index (χ3v) is 4.57. The quantitative estimate of drug-likeness (QED) is 0.532. The second-order valence-electron chi connectivity index (χ2n) is 6.70. The SMILES string of the molecule is COc1ccc(-c2noc(CCC(=O)NCCCN(C)c3ccccc3)n2)cc1. The second kappa shape index (κ2) is 10.3. The summed E-state index contributed by atoms with van der Waals surface area (Å²) in [5.74, 6) is 1.71. The number of benzene rings is 2. The molecule has 0 aliphatic heterocycles. The van der Waals surface area contributed by atoms with Crippen molar-refractivity contribution in [1.82, 2.24) is 15.5 Å². The van der Waals surface area contributed by atoms with E-state index < -0.39 is 0 Å². The Morgan fingerprint density at radius 3 is 2.62 bits per heavy atom. The molecule has 0 radical (unpaired) electrons. The first kappa shape index (κ1) is 20.4. The fourth-order valence-electron chi connectivity index (χ4n) is 2.88. The standard InChI is InChI=1S/C22H26N4O3/c1-26(18-7-4-3-5-8-18)16-6-15-23-20(27)13-14-21-24-22(25-29-21)17-9-11-19(28-2)12-10-17/h3-5,7-12H,6,13-16H2,1-2H3,(H,23,27). The number of methoxy groups -OCH3 is 1. The molecule has 1 aromatic heterocycles. The third kappa shape index (κ3) is 6.07. The predicted octanol–water partition coefficient (Wildman–Crippen LogP) is 3.32. The molecule has 2 aromatic carbocycles. The maximum Gasteiger partial charge on any atom is 0.227 e. The molecule has 7 heteroatoms. The first-order chi connectivity index (χ1) is 14.2. The number of aromatic nitrogens is 2. The van der Waals surface area contributed by atoms with Crippen LogP contribution in [0.2, 0.25) is 0 Å². The molecule has 0 saturated heterocycles. The average Bonchev–Trinajstić information content (AvgIpc) is 3.25. The summed E-state index contributed by atoms with van der Waals surface area (Å²) in [5, 5.41) is 6.92. The highest BCUT2D eigenvalue weighted by molar-refractivity contribution is 5.76. The van der Waals surface area contributed by atoms with Crippen molar-refractivity contribution < 1.29 is 14.1 Å². The summed E-state index contributed by atoms with van der Waals surface area (Å²) in [7, 11) is 3.67. The van der Waals surface area contributed by atoms with Crippen molar-refractivity contribution >= 4 is 11.6 Å². The van der Waals surface area contributed by atoms with E-state index in [2.05, 4.69) is 32.5 Å². The minimum atomic E-state index is -0.0171. The van der Waals surface area contributed by atoms with E-state index in [9.17, 15) is 4.79 Å². The number of amides is 1. The largest absolute Gasteiger partial charge is 0.497 e. The van der Waals surface area contributed by atoms with Crippen LogP contribution in [-0.4, -0.2) is 43.3 Å². The van der Waals surface area contributed by atoms with Crippen LogP contribution in [-0.2, 0) is 11.2 Å². The van der Waals surface area contributed by atoms with Crippen molar-refractivity contribution in [2.45, 2.75) is 19.3 Å². The zero-order valence-electron chi connectivity index (χ0n) is 16.8. The minimum absolute atomic E-state index is 0.0171. The minimum Gasteiger partial charge on any atom is -0.497 e. The smallest absolute Gasteiger partial charge is 0.227 e. The molecule has 3 aromatic rings. The summed E-state index contributed by atoms with van der Waals surface area (Å²) in [6.45, 7) is 1.51. The number of aryl methyl sites for hydroxylation is 1. The summed E-state index contributed by atoms with van der Waals surface area (Å²) in [4.78, 5) is 18.6. The molecule has 0 spiro atoms. The molecule has 0 aliphatic carbocycles. The Hall–Kier alpha value is -3.35. The van der Waals surface area contributed by atoms with E-state index in [1.54, 1.807) is 7.11 Å². The molecule has 0 unspecified atom stereocenters. The number of hydrogen-bond donors (Lipinski definition) is 1. The molecule has 1 N–H and O–H groups in total. The van der Waals surface area contributed by atoms with E-state index in [-0.39, 0.29) is 5.91 Å². The van der Waals surface area contributed by atoms with Crippen molar-refractivity contribution in [3.05, 3.63) is 60.5 Å². The Morgan fingerprint density at radius 2 is 1.90 bits per heavy atom. The van der Waals surface area contributed by atoms with E-state index in [1.165, 1.54) is 5.69 Å². The van der Waals surface area contributed by atoms with Crippen molar-refractivity contribution in [3.8, 4) is 17.1 Å². The van der Waals surface area contributed by atoms with E-state index in [4.69, 9.17) is 9.26 Å². The number of hydrogen-bond acceptors (Lipinski definition) is 6. The Bertz CT molecular complexity index is 894. The van der Waals surface area contributed by atoms with Crippen LogP contribution in [0.25, 0.3) is 11.4 Å². The molecule has 0 atom stereocenters. The highest BCUT2D eigenvalue weighted by atomic mass is 16.5. The summed E-state index contributed by atoms with van der Waals surface area (Å²) in [6.07, 6.45) is 1.61. The highest BCUT2D eigenvalue weighted by Crippen LogP contribution is 2.20. The van der Waals surface area contributed by atoms with Gasteiger partial charge < -0.3 is 19.5 Å². The van der Waals surface area contributed by atoms with Gasteiger partial charge in [-0.1, -0.05) is 23.4 Å². The van der Waals surface area contributed by atoms with Crippen LogP contribution in [0.15, 0.2) is 59.1 Å². The van der Waals surface area contributed by atoms with Gasteiger partial charge in [0, 0.05) is 44.2 Å². The van der Waals surface area contributed by atoms with Gasteiger partial charge in [0.25, 0.3) is 0 Å². The first-order valence-electron chi connectivity index (χ1n) is 9.65. The monoisotopic (exact) mass is 394 g/mol. The van der Waals surface area contributed by atoms with Gasteiger partial charge in [0.15, 0.2) is 0 Å². The van der Waals surface area contributed by atoms with Gasteiger partial charge >= 0.3 is 0 Å². The molecule has 1 heterocycles. The summed E-state index contributed by atoms with van der Waals surface area (Å²) < 4.78 is 10.4. The average molecular weight is 394 g/mol. The van der Waals surface area contributed by atoms with Crippen LogP contribution in [0.1, 0.15) is 18.7 Å². The molecule has 1 amide bonds. The summed E-state index contributed by atoms with van der Waals surface area (Å²) in [5.41, 5.74) is 2.01. The zero-order chi connectivity index (χ0) is 20.5. The van der Waals surface area contributed by atoms with Crippen molar-refractivity contribution in [1.29, 1.82) is 0 Å². The fraction of sp³-hybridized carbons (Fsp3) is 0.318. The Kier molecular flexibility index (Phi) is 7.22. The molecule has 29 heavy (non-hydrogen) atoms. The number of nitrogens with one attached hydrogen (secondary N) is 1. The number of ether oxygens (including phenoxy) is 1. The maximum absolute atomic E-state index is 12.0. The first-order valence-corrected chi connectivity index (χ1v) is 9.65. The van der Waals surface area contributed by atoms with Gasteiger partial charge in [-0.3, -0.25) is 4.79 Å². The summed E-state index contributed by atoms with van der Waals surface area (Å²) >= 11 is 0. The molecule has 0 saturated carbocycles. The van der Waals surface area contributed by atoms with E-state index >= 15 is 0 Å². The maximum atomic E-state index is 12.0. The van der Waals surface area contributed by atoms with Gasteiger partial charge in [0.1, 0.15) is 5.75 Å². The lowest BCUT2D eigenvalue weighted by molar-refractivity contribution is -0.121. The Balaban J connectivity index is 1.37. The van der Waals surface area contributed by atoms with E-state index in [0.29, 0.717) is 31.1 Å². The Labute approximate surface area is 170 Å². The van der Waals surface area contributed by atoms with Crippen molar-refractivity contribution in [2.24, 2.45) is 0 Å². The second-order valence-corrected chi connectivity index (χ2v) is 6.70. The number of anilines is 1. The lowest BCUT2D eigenvalue weighted by Crippen LogP contribution is -2.28. The van der Waals surface area contributed by atoms with E-state index in [0.717, 1.165) is 24.3 Å². The zero-order valence-corrected chi connectivity index (χ0v) is 16.8. The fourth-order valence-corrected chi connectivity index (χ4v) is 2.88. The highest BCUT2D eigenvalue weighted by Gasteiger charge is 2.11. The molecule has 7 nitrogen and oxygen atoms in total. The molecule has 0 bridgehead atoms. The van der Waals surface area contributed by atoms with Gasteiger partial charge in [-0.15, -0.1) is 0 Å². The predicted molar refractivity (Wildman–Crippen MR) is 112 cm³/mol. The lowest BCUT2D eigenvalue weighted by atomic mass is 10.2. The van der Waals surface area contributed by atoms with Gasteiger partial charge in [-0.25, -0.2) is 0 Å². The topological polar surface area (TPSA) is 80.5 Å². The number of para-hydroxylation sites is 1. The molecule has 0 aliphatic rings. The molecule has 152 valence electrons. The van der Waals surface area contributed by atoms with Crippen LogP contribution < -0.4 is 15.0 Å². The van der Waals surface area contributed by atoms with Gasteiger partial charge in [-0.2, -0.15) is 4.98 Å². The lowest BCUT2D eigenvalue weighted by Gasteiger charge is -2.19. The van der Waals surface area contributed by atoms with Gasteiger partial charge in [-0.05, 0) is 42.8 Å². The molecule has 0 fully saturated rings. The van der Waals surface area contributed by atoms with Crippen LogP contribution in [0, 0.1) is 0 Å². The third-order valence-electron chi connectivity index (χ3n) is 4.57. The van der Waals surface area contributed by atoms with Crippen LogP contribution in [0.5, 0.6) is 5.75 Å². The van der Waals surface area contributed by atoms with Crippen molar-refractivity contribution in [3.63, 3.8) is 0 Å². The van der Waals surface area contributed by atoms with Crippen LogP contribution in [0.3, 0.4) is 0 Å². The Morgan fingerprint density at radius 1 is 1.14 bits per heavy atom. The molecular formula is C22H26N4O3. The number of rotatable bonds is 10. The number of carbonyl (C=O) groups is 1. The number of nitrogens with zero attached hydrogens (tertiary/aromatic N) is 3. The van der Waals surface area contributed by atoms with Crippen LogP contribution >= 0.6 is 0 Å². The molecule has 3 rings (SSSR count). The normalized spacial score (nSPS) is 10.6. The van der Waals surface area contributed by atoms with Gasteiger partial charge in [0.2, 0.25) is 17.6 Å². The molecular weight excluding hydrogens is 368 g/mol. The van der Waals surface area contributed by atoms with Crippen molar-refractivity contribution in [2.75, 3.05) is 32.1 Å². The van der Waals surface area contributed by atoms with E-state index in [1.807, 2.05) is 49.5 Å². The summed E-state index contributed by atoms with van der Waals surface area (Å²) in [6, 6.07) is 17.6. The number of carbonyl (C=O) groups excluding carboxylic acids is 1.